The van der Waals surface area contributed by atoms with Gasteiger partial charge in [-0.2, -0.15) is 27.1 Å². The number of aromatic nitrogens is 3. The fraction of sp³-hybridized carbons (Fsp3) is 0.133. The van der Waals surface area contributed by atoms with Crippen LogP contribution in [-0.2, 0) is 5.92 Å². The Kier molecular flexibility index (Phi) is 3.89. The van der Waals surface area contributed by atoms with E-state index in [1.165, 1.54) is 0 Å². The van der Waals surface area contributed by atoms with E-state index in [1.807, 2.05) is 0 Å². The summed E-state index contributed by atoms with van der Waals surface area (Å²) in [5.74, 6) is -7.88. The lowest BCUT2D eigenvalue weighted by atomic mass is 10.1. The van der Waals surface area contributed by atoms with E-state index in [2.05, 4.69) is 10.1 Å². The third-order valence-corrected chi connectivity index (χ3v) is 3.45. The molecule has 0 saturated heterocycles. The van der Waals surface area contributed by atoms with E-state index in [1.54, 1.807) is 0 Å². The fourth-order valence-corrected chi connectivity index (χ4v) is 2.21. The first-order chi connectivity index (χ1) is 12.0. The highest BCUT2D eigenvalue weighted by Gasteiger charge is 2.60. The van der Waals surface area contributed by atoms with Crippen LogP contribution in [0.5, 0.6) is 0 Å². The number of rotatable bonds is 3. The maximum atomic E-state index is 13.9. The van der Waals surface area contributed by atoms with Crippen LogP contribution in [0.3, 0.4) is 0 Å². The lowest BCUT2D eigenvalue weighted by molar-refractivity contribution is -0.291. The molecule has 0 amide bonds. The Labute approximate surface area is 140 Å². The van der Waals surface area contributed by atoms with Crippen LogP contribution in [0.1, 0.15) is 16.2 Å². The Hall–Kier alpha value is -3.11. The van der Waals surface area contributed by atoms with Crippen LogP contribution in [0.15, 0.2) is 36.4 Å². The second-order valence-corrected chi connectivity index (χ2v) is 5.19. The molecule has 5 nitrogen and oxygen atoms in total. The van der Waals surface area contributed by atoms with E-state index in [0.717, 1.165) is 24.3 Å². The minimum Gasteiger partial charge on any atom is -0.543 e. The Morgan fingerprint density at radius 2 is 1.65 bits per heavy atom. The number of carboxylic acids is 1. The van der Waals surface area contributed by atoms with Gasteiger partial charge in [-0.25, -0.2) is 13.9 Å². The number of carbonyl (C=O) groups excluding carboxylic acids is 1. The molecular weight excluding hydrogens is 368 g/mol. The highest BCUT2D eigenvalue weighted by atomic mass is 19.4. The zero-order valence-corrected chi connectivity index (χ0v) is 12.4. The van der Waals surface area contributed by atoms with Gasteiger partial charge in [-0.05, 0) is 30.3 Å². The molecule has 1 aromatic carbocycles. The van der Waals surface area contributed by atoms with Crippen molar-refractivity contribution in [1.29, 1.82) is 0 Å². The average Bonchev–Trinajstić information content (AvgIpc) is 2.97. The van der Waals surface area contributed by atoms with Crippen LogP contribution < -0.4 is 5.11 Å². The Balaban J connectivity index is 2.32. The molecule has 26 heavy (non-hydrogen) atoms. The number of carboxylic acid groups (broad SMARTS) is 1. The number of aromatic carboxylic acids is 1. The average molecular weight is 374 g/mol. The molecule has 11 heteroatoms. The molecule has 0 unspecified atom stereocenters. The summed E-state index contributed by atoms with van der Waals surface area (Å²) in [6.07, 6.45) is -5.96. The first kappa shape index (κ1) is 17.7. The molecule has 3 rings (SSSR count). The van der Waals surface area contributed by atoms with E-state index >= 15 is 0 Å². The Morgan fingerprint density at radius 1 is 1.04 bits per heavy atom. The van der Waals surface area contributed by atoms with Crippen LogP contribution in [0.4, 0.5) is 26.3 Å². The largest absolute Gasteiger partial charge is 0.543 e. The highest BCUT2D eigenvalue weighted by Crippen LogP contribution is 2.44. The van der Waals surface area contributed by atoms with Crippen molar-refractivity contribution in [3.8, 4) is 11.3 Å². The number of hydrogen-bond acceptors (Lipinski definition) is 4. The van der Waals surface area contributed by atoms with Gasteiger partial charge in [0, 0.05) is 11.6 Å². The number of carbonyl (C=O) groups is 1. The molecule has 0 fully saturated rings. The van der Waals surface area contributed by atoms with Crippen molar-refractivity contribution in [3.05, 3.63) is 53.6 Å². The minimum atomic E-state index is -5.96. The van der Waals surface area contributed by atoms with Crippen molar-refractivity contribution in [1.82, 2.24) is 14.6 Å². The molecule has 0 bridgehead atoms. The number of alkyl halides is 5. The van der Waals surface area contributed by atoms with E-state index < -0.39 is 40.9 Å². The first-order valence-electron chi connectivity index (χ1n) is 6.84. The summed E-state index contributed by atoms with van der Waals surface area (Å²) in [4.78, 5) is 14.7. The Bertz CT molecular complexity index is 995. The van der Waals surface area contributed by atoms with Crippen LogP contribution in [-0.4, -0.2) is 26.7 Å². The van der Waals surface area contributed by atoms with Gasteiger partial charge in [0.2, 0.25) is 0 Å². The van der Waals surface area contributed by atoms with Crippen molar-refractivity contribution < 1.29 is 36.2 Å². The lowest BCUT2D eigenvalue weighted by Crippen LogP contribution is -2.36. The van der Waals surface area contributed by atoms with Crippen molar-refractivity contribution in [2.24, 2.45) is 0 Å². The number of benzene rings is 1. The highest BCUT2D eigenvalue weighted by molar-refractivity contribution is 5.85. The van der Waals surface area contributed by atoms with Gasteiger partial charge < -0.3 is 9.90 Å². The minimum absolute atomic E-state index is 0.0457. The summed E-state index contributed by atoms with van der Waals surface area (Å²) in [6.45, 7) is 0. The van der Waals surface area contributed by atoms with Gasteiger partial charge in [0.15, 0.2) is 5.65 Å². The SMILES string of the molecule is O=C([O-])c1cc2nc(-c3ccc(F)cc3)cc(C(F)(F)C(F)(F)F)n2n1. The molecule has 2 heterocycles. The summed E-state index contributed by atoms with van der Waals surface area (Å²) in [5, 5.41) is 14.0. The van der Waals surface area contributed by atoms with Gasteiger partial charge in [-0.3, -0.25) is 0 Å². The lowest BCUT2D eigenvalue weighted by Gasteiger charge is -2.21. The molecule has 0 N–H and O–H groups in total. The molecule has 0 aliphatic heterocycles. The monoisotopic (exact) mass is 374 g/mol. The fourth-order valence-electron chi connectivity index (χ4n) is 2.21. The van der Waals surface area contributed by atoms with E-state index in [-0.39, 0.29) is 15.8 Å². The van der Waals surface area contributed by atoms with Crippen molar-refractivity contribution in [3.63, 3.8) is 0 Å². The third-order valence-electron chi connectivity index (χ3n) is 3.45. The zero-order chi connectivity index (χ0) is 19.3. The van der Waals surface area contributed by atoms with Crippen LogP contribution in [0.25, 0.3) is 16.9 Å². The molecule has 0 spiro atoms. The molecule has 2 aromatic heterocycles. The molecule has 3 aromatic rings. The van der Waals surface area contributed by atoms with Crippen LogP contribution in [0.2, 0.25) is 0 Å². The van der Waals surface area contributed by atoms with Gasteiger partial charge in [0.25, 0.3) is 0 Å². The first-order valence-corrected chi connectivity index (χ1v) is 6.84. The summed E-state index contributed by atoms with van der Waals surface area (Å²) in [7, 11) is 0. The molecule has 0 atom stereocenters. The quantitative estimate of drug-likeness (QED) is 0.661. The standard InChI is InChI=1S/C15H7F6N3O2/c16-8-3-1-7(2-4-8)9-5-11(14(17,18)15(19,20)21)24-12(22-9)6-10(23-24)13(25)26/h1-6H,(H,25,26)/p-1. The summed E-state index contributed by atoms with van der Waals surface area (Å²) >= 11 is 0. The second-order valence-electron chi connectivity index (χ2n) is 5.19. The number of nitrogens with zero attached hydrogens (tertiary/aromatic N) is 3. The predicted octanol–water partition coefficient (Wildman–Crippen LogP) is 2.55. The normalized spacial score (nSPS) is 12.5. The number of fused-ring (bicyclic) bond motifs is 1. The van der Waals surface area contributed by atoms with Gasteiger partial charge >= 0.3 is 12.1 Å². The maximum absolute atomic E-state index is 13.9. The van der Waals surface area contributed by atoms with Crippen molar-refractivity contribution in [2.45, 2.75) is 12.1 Å². The Morgan fingerprint density at radius 3 is 2.19 bits per heavy atom. The van der Waals surface area contributed by atoms with E-state index in [9.17, 15) is 36.2 Å². The summed E-state index contributed by atoms with van der Waals surface area (Å²) in [5.41, 5.74) is -3.37. The van der Waals surface area contributed by atoms with Crippen molar-refractivity contribution in [2.75, 3.05) is 0 Å². The smallest absolute Gasteiger partial charge is 0.459 e. The van der Waals surface area contributed by atoms with Crippen LogP contribution >= 0.6 is 0 Å². The number of hydrogen-bond donors (Lipinski definition) is 0. The van der Waals surface area contributed by atoms with Gasteiger partial charge in [-0.1, -0.05) is 0 Å². The van der Waals surface area contributed by atoms with Gasteiger partial charge in [0.1, 0.15) is 17.2 Å². The van der Waals surface area contributed by atoms with E-state index in [0.29, 0.717) is 12.1 Å². The topological polar surface area (TPSA) is 70.3 Å². The molecular formula is C15H6F6N3O2-. The molecule has 0 radical (unpaired) electrons. The molecule has 0 aliphatic carbocycles. The molecule has 136 valence electrons. The maximum Gasteiger partial charge on any atom is 0.459 e. The second kappa shape index (κ2) is 5.71. The zero-order valence-electron chi connectivity index (χ0n) is 12.4. The van der Waals surface area contributed by atoms with Gasteiger partial charge in [0.05, 0.1) is 11.7 Å². The number of halogens is 6. The molecule has 0 saturated carbocycles. The predicted molar refractivity (Wildman–Crippen MR) is 72.7 cm³/mol. The molecule has 0 aliphatic rings. The van der Waals surface area contributed by atoms with Gasteiger partial charge in [-0.15, -0.1) is 0 Å². The van der Waals surface area contributed by atoms with Crippen molar-refractivity contribution >= 4 is 11.6 Å². The van der Waals surface area contributed by atoms with E-state index in [4.69, 9.17) is 0 Å². The van der Waals surface area contributed by atoms with Crippen LogP contribution in [0, 0.1) is 5.82 Å². The third kappa shape index (κ3) is 2.85. The summed E-state index contributed by atoms with van der Waals surface area (Å²) < 4.78 is 79.4. The summed E-state index contributed by atoms with van der Waals surface area (Å²) in [6, 6.07) is 5.29.